The van der Waals surface area contributed by atoms with Crippen LogP contribution in [0, 0.1) is 0 Å². The first-order valence-corrected chi connectivity index (χ1v) is 3.43. The van der Waals surface area contributed by atoms with Crippen LogP contribution in [0.5, 0.6) is 0 Å². The lowest BCUT2D eigenvalue weighted by Crippen LogP contribution is -2.45. The summed E-state index contributed by atoms with van der Waals surface area (Å²) in [5.74, 6) is -2.61. The largest absolute Gasteiger partial charge is 0.351 e. The number of carbonyl (C=O) groups excluding carboxylic acids is 1. The van der Waals surface area contributed by atoms with Crippen LogP contribution in [0.3, 0.4) is 0 Å². The lowest BCUT2D eigenvalue weighted by atomic mass is 10.1. The molecule has 64 valence electrons. The highest BCUT2D eigenvalue weighted by molar-refractivity contribution is 5.72. The van der Waals surface area contributed by atoms with Gasteiger partial charge in [0, 0.05) is 25.9 Å². The monoisotopic (exact) mass is 164 g/mol. The molecule has 0 aromatic carbocycles. The second-order valence-corrected chi connectivity index (χ2v) is 2.68. The molecule has 1 rings (SSSR count). The van der Waals surface area contributed by atoms with Gasteiger partial charge in [-0.3, -0.25) is 0 Å². The molecule has 1 aliphatic rings. The van der Waals surface area contributed by atoms with Crippen molar-refractivity contribution in [2.45, 2.75) is 18.8 Å². The summed E-state index contributed by atoms with van der Waals surface area (Å²) in [5, 5.41) is 0. The van der Waals surface area contributed by atoms with E-state index in [-0.39, 0.29) is 25.9 Å². The highest BCUT2D eigenvalue weighted by atomic mass is 19.3. The molecule has 0 unspecified atom stereocenters. The standard InChI is InChI=1S/C6H10F2N2O/c7-6(8)1-3-10(4-2-6)5(9)11/h1-4H2,(H2,9,11). The Morgan fingerprint density at radius 1 is 1.36 bits per heavy atom. The average molecular weight is 164 g/mol. The lowest BCUT2D eigenvalue weighted by Gasteiger charge is -2.30. The topological polar surface area (TPSA) is 46.3 Å². The summed E-state index contributed by atoms with van der Waals surface area (Å²) < 4.78 is 24.9. The molecule has 2 N–H and O–H groups in total. The third kappa shape index (κ3) is 2.03. The Hall–Kier alpha value is -0.870. The van der Waals surface area contributed by atoms with Crippen LogP contribution in [0.25, 0.3) is 0 Å². The fourth-order valence-electron chi connectivity index (χ4n) is 1.05. The van der Waals surface area contributed by atoms with Crippen molar-refractivity contribution >= 4 is 6.03 Å². The predicted octanol–water partition coefficient (Wildman–Crippen LogP) is 0.796. The molecule has 0 aromatic rings. The van der Waals surface area contributed by atoms with Gasteiger partial charge in [-0.2, -0.15) is 0 Å². The molecular formula is C6H10F2N2O. The number of hydrogen-bond acceptors (Lipinski definition) is 1. The SMILES string of the molecule is NC(=O)N1CCC(F)(F)CC1. The first-order valence-electron chi connectivity index (χ1n) is 3.43. The summed E-state index contributed by atoms with van der Waals surface area (Å²) in [5.41, 5.74) is 4.90. The molecule has 11 heavy (non-hydrogen) atoms. The zero-order valence-corrected chi connectivity index (χ0v) is 6.02. The Bertz CT molecular complexity index is 162. The van der Waals surface area contributed by atoms with Crippen molar-refractivity contribution in [2.24, 2.45) is 5.73 Å². The predicted molar refractivity (Wildman–Crippen MR) is 35.3 cm³/mol. The van der Waals surface area contributed by atoms with Gasteiger partial charge in [-0.1, -0.05) is 0 Å². The lowest BCUT2D eigenvalue weighted by molar-refractivity contribution is -0.0463. The number of urea groups is 1. The molecule has 0 aromatic heterocycles. The zero-order chi connectivity index (χ0) is 8.48. The Morgan fingerprint density at radius 3 is 2.18 bits per heavy atom. The third-order valence-corrected chi connectivity index (χ3v) is 1.81. The maximum absolute atomic E-state index is 12.5. The van der Waals surface area contributed by atoms with Crippen molar-refractivity contribution in [2.75, 3.05) is 13.1 Å². The fraction of sp³-hybridized carbons (Fsp3) is 0.833. The quantitative estimate of drug-likeness (QED) is 0.565. The van der Waals surface area contributed by atoms with Crippen LogP contribution in [-0.2, 0) is 0 Å². The molecule has 5 heteroatoms. The van der Waals surface area contributed by atoms with Gasteiger partial charge in [-0.15, -0.1) is 0 Å². The summed E-state index contributed by atoms with van der Waals surface area (Å²) in [4.78, 5) is 11.7. The van der Waals surface area contributed by atoms with Crippen LogP contribution in [-0.4, -0.2) is 29.9 Å². The molecule has 1 aliphatic heterocycles. The number of halogens is 2. The molecule has 0 bridgehead atoms. The second-order valence-electron chi connectivity index (χ2n) is 2.68. The van der Waals surface area contributed by atoms with E-state index in [1.165, 1.54) is 4.90 Å². The van der Waals surface area contributed by atoms with Gasteiger partial charge < -0.3 is 10.6 Å². The third-order valence-electron chi connectivity index (χ3n) is 1.81. The van der Waals surface area contributed by atoms with Gasteiger partial charge in [0.2, 0.25) is 0 Å². The van der Waals surface area contributed by atoms with E-state index in [0.717, 1.165) is 0 Å². The van der Waals surface area contributed by atoms with E-state index in [1.807, 2.05) is 0 Å². The molecule has 0 saturated carbocycles. The van der Waals surface area contributed by atoms with Gasteiger partial charge in [0.1, 0.15) is 0 Å². The molecule has 0 spiro atoms. The number of amides is 2. The Labute approximate surface area is 63.2 Å². The molecule has 1 saturated heterocycles. The van der Waals surface area contributed by atoms with Crippen LogP contribution in [0.2, 0.25) is 0 Å². The number of likely N-dealkylation sites (tertiary alicyclic amines) is 1. The van der Waals surface area contributed by atoms with Crippen molar-refractivity contribution < 1.29 is 13.6 Å². The zero-order valence-electron chi connectivity index (χ0n) is 6.02. The Morgan fingerprint density at radius 2 is 1.82 bits per heavy atom. The maximum Gasteiger partial charge on any atom is 0.314 e. The number of hydrogen-bond donors (Lipinski definition) is 1. The highest BCUT2D eigenvalue weighted by Crippen LogP contribution is 2.27. The minimum absolute atomic E-state index is 0.0718. The molecule has 1 heterocycles. The normalized spacial score (nSPS) is 23.3. The number of alkyl halides is 2. The van der Waals surface area contributed by atoms with E-state index in [1.54, 1.807) is 0 Å². The van der Waals surface area contributed by atoms with E-state index < -0.39 is 12.0 Å². The molecule has 3 nitrogen and oxygen atoms in total. The number of nitrogens with two attached hydrogens (primary N) is 1. The van der Waals surface area contributed by atoms with E-state index in [9.17, 15) is 13.6 Å². The van der Waals surface area contributed by atoms with Gasteiger partial charge in [-0.25, -0.2) is 13.6 Å². The number of piperidine rings is 1. The summed E-state index contributed by atoms with van der Waals surface area (Å²) in [6.07, 6.45) is -0.536. The Balaban J connectivity index is 2.42. The average Bonchev–Trinajstić information content (AvgIpc) is 1.86. The van der Waals surface area contributed by atoms with Crippen LogP contribution in [0.1, 0.15) is 12.8 Å². The van der Waals surface area contributed by atoms with Crippen molar-refractivity contribution in [3.8, 4) is 0 Å². The van der Waals surface area contributed by atoms with Crippen LogP contribution in [0.15, 0.2) is 0 Å². The van der Waals surface area contributed by atoms with Crippen molar-refractivity contribution in [3.05, 3.63) is 0 Å². The van der Waals surface area contributed by atoms with E-state index in [4.69, 9.17) is 5.73 Å². The number of carbonyl (C=O) groups is 1. The molecule has 0 atom stereocenters. The van der Waals surface area contributed by atoms with Crippen LogP contribution < -0.4 is 5.73 Å². The van der Waals surface area contributed by atoms with Crippen LogP contribution >= 0.6 is 0 Å². The van der Waals surface area contributed by atoms with E-state index >= 15 is 0 Å². The number of rotatable bonds is 0. The second kappa shape index (κ2) is 2.64. The smallest absolute Gasteiger partial charge is 0.314 e. The van der Waals surface area contributed by atoms with Gasteiger partial charge >= 0.3 is 6.03 Å². The molecular weight excluding hydrogens is 154 g/mol. The number of nitrogens with zero attached hydrogens (tertiary/aromatic N) is 1. The number of primary amides is 1. The van der Waals surface area contributed by atoms with Gasteiger partial charge in [0.05, 0.1) is 0 Å². The summed E-state index contributed by atoms with van der Waals surface area (Å²) in [7, 11) is 0. The first kappa shape index (κ1) is 8.23. The van der Waals surface area contributed by atoms with Gasteiger partial charge in [-0.05, 0) is 0 Å². The molecule has 2 amide bonds. The molecule has 0 aliphatic carbocycles. The van der Waals surface area contributed by atoms with E-state index in [0.29, 0.717) is 0 Å². The minimum atomic E-state index is -2.61. The highest BCUT2D eigenvalue weighted by Gasteiger charge is 2.34. The van der Waals surface area contributed by atoms with E-state index in [2.05, 4.69) is 0 Å². The molecule has 0 radical (unpaired) electrons. The first-order chi connectivity index (χ1) is 5.01. The summed E-state index contributed by atoms with van der Waals surface area (Å²) in [6.45, 7) is 0.144. The molecule has 1 fully saturated rings. The van der Waals surface area contributed by atoms with Gasteiger partial charge in [0.25, 0.3) is 5.92 Å². The van der Waals surface area contributed by atoms with Crippen molar-refractivity contribution in [1.29, 1.82) is 0 Å². The van der Waals surface area contributed by atoms with Crippen molar-refractivity contribution in [1.82, 2.24) is 4.90 Å². The van der Waals surface area contributed by atoms with Crippen molar-refractivity contribution in [3.63, 3.8) is 0 Å². The Kier molecular flexibility index (Phi) is 1.97. The fourth-order valence-corrected chi connectivity index (χ4v) is 1.05. The summed E-state index contributed by atoms with van der Waals surface area (Å²) >= 11 is 0. The maximum atomic E-state index is 12.5. The summed E-state index contributed by atoms with van der Waals surface area (Å²) in [6, 6.07) is -0.611. The minimum Gasteiger partial charge on any atom is -0.351 e. The van der Waals surface area contributed by atoms with Crippen LogP contribution in [0.4, 0.5) is 13.6 Å². The van der Waals surface area contributed by atoms with Gasteiger partial charge in [0.15, 0.2) is 0 Å².